The number of nitrogens with two attached hydrogens (primary N) is 1. The van der Waals surface area contributed by atoms with E-state index in [1.54, 1.807) is 0 Å². The monoisotopic (exact) mass is 350 g/mol. The molecule has 1 fully saturated rings. The van der Waals surface area contributed by atoms with Crippen LogP contribution in [0, 0.1) is 0 Å². The molecule has 1 amide bonds. The third-order valence-corrected chi connectivity index (χ3v) is 4.98. The molecule has 1 aliphatic rings. The molecule has 134 valence electrons. The van der Waals surface area contributed by atoms with Crippen molar-refractivity contribution in [3.8, 4) is 11.3 Å². The van der Waals surface area contributed by atoms with Gasteiger partial charge in [0, 0.05) is 37.3 Å². The zero-order chi connectivity index (χ0) is 18.1. The summed E-state index contributed by atoms with van der Waals surface area (Å²) in [5.74, 6) is 0.694. The smallest absolute Gasteiger partial charge is 0.254 e. The minimum atomic E-state index is 0.00987. The summed E-state index contributed by atoms with van der Waals surface area (Å²) in [5, 5.41) is 4.97. The van der Waals surface area contributed by atoms with Crippen molar-refractivity contribution in [3.63, 3.8) is 0 Å². The maximum absolute atomic E-state index is 13.1. The molecule has 0 unspecified atom stereocenters. The number of fused-ring (bicyclic) bond motifs is 1. The number of benzene rings is 2. The summed E-state index contributed by atoms with van der Waals surface area (Å²) in [6.07, 6.45) is 0. The van der Waals surface area contributed by atoms with Crippen LogP contribution >= 0.6 is 0 Å². The summed E-state index contributed by atoms with van der Waals surface area (Å²) < 4.78 is 5.54. The van der Waals surface area contributed by atoms with Crippen LogP contribution in [0.1, 0.15) is 10.4 Å². The van der Waals surface area contributed by atoms with Crippen molar-refractivity contribution in [2.45, 2.75) is 6.04 Å². The fraction of sp³-hybridized carbons (Fsp3) is 0.300. The van der Waals surface area contributed by atoms with Crippen molar-refractivity contribution in [1.29, 1.82) is 0 Å². The van der Waals surface area contributed by atoms with Crippen molar-refractivity contribution in [2.24, 2.45) is 5.73 Å². The highest BCUT2D eigenvalue weighted by Crippen LogP contribution is 2.29. The molecule has 3 aromatic rings. The quantitative estimate of drug-likeness (QED) is 0.784. The lowest BCUT2D eigenvalue weighted by Gasteiger charge is -2.39. The van der Waals surface area contributed by atoms with Crippen LogP contribution in [0.3, 0.4) is 0 Å². The van der Waals surface area contributed by atoms with E-state index in [0.717, 1.165) is 29.6 Å². The molecule has 2 N–H and O–H groups in total. The average molecular weight is 350 g/mol. The molecule has 1 saturated heterocycles. The summed E-state index contributed by atoms with van der Waals surface area (Å²) in [7, 11) is 2.06. The molecule has 1 aliphatic heterocycles. The number of aromatic nitrogens is 1. The van der Waals surface area contributed by atoms with Crippen LogP contribution in [0.2, 0.25) is 0 Å². The van der Waals surface area contributed by atoms with E-state index in [0.29, 0.717) is 24.4 Å². The lowest BCUT2D eigenvalue weighted by molar-refractivity contribution is 0.0516. The fourth-order valence-corrected chi connectivity index (χ4v) is 3.52. The molecule has 6 nitrogen and oxygen atoms in total. The largest absolute Gasteiger partial charge is 0.355 e. The van der Waals surface area contributed by atoms with Gasteiger partial charge in [0.25, 0.3) is 5.91 Å². The Balaban J connectivity index is 1.70. The van der Waals surface area contributed by atoms with E-state index in [-0.39, 0.29) is 11.9 Å². The lowest BCUT2D eigenvalue weighted by Crippen LogP contribution is -2.56. The highest BCUT2D eigenvalue weighted by atomic mass is 16.5. The highest BCUT2D eigenvalue weighted by Gasteiger charge is 2.29. The molecular formula is C20H22N4O2. The molecule has 1 atom stereocenters. The molecule has 26 heavy (non-hydrogen) atoms. The Bertz CT molecular complexity index is 922. The standard InChI is InChI=1S/C20H22N4O2/c1-23-9-10-24(16(12-21)13-23)20(25)15-7-8-18-17(11-15)19(26-22-18)14-5-3-2-4-6-14/h2-8,11,16H,9-10,12-13,21H2,1H3/t16-/m1/s1. The minimum absolute atomic E-state index is 0.00987. The first kappa shape index (κ1) is 16.8. The van der Waals surface area contributed by atoms with Crippen molar-refractivity contribution in [1.82, 2.24) is 15.0 Å². The highest BCUT2D eigenvalue weighted by molar-refractivity contribution is 6.01. The van der Waals surface area contributed by atoms with Gasteiger partial charge < -0.3 is 20.1 Å². The van der Waals surface area contributed by atoms with Gasteiger partial charge >= 0.3 is 0 Å². The lowest BCUT2D eigenvalue weighted by atomic mass is 10.0. The number of rotatable bonds is 3. The van der Waals surface area contributed by atoms with E-state index in [1.165, 1.54) is 0 Å². The summed E-state index contributed by atoms with van der Waals surface area (Å²) in [6.45, 7) is 2.80. The van der Waals surface area contributed by atoms with Gasteiger partial charge in [0.1, 0.15) is 5.52 Å². The average Bonchev–Trinajstić information content (AvgIpc) is 3.11. The Kier molecular flexibility index (Phi) is 4.44. The van der Waals surface area contributed by atoms with Gasteiger partial charge in [0.15, 0.2) is 5.76 Å². The zero-order valence-electron chi connectivity index (χ0n) is 14.8. The molecule has 0 radical (unpaired) electrons. The predicted molar refractivity (Wildman–Crippen MR) is 101 cm³/mol. The van der Waals surface area contributed by atoms with Gasteiger partial charge in [-0.3, -0.25) is 4.79 Å². The topological polar surface area (TPSA) is 75.6 Å². The van der Waals surface area contributed by atoms with Gasteiger partial charge in [-0.25, -0.2) is 0 Å². The molecule has 2 heterocycles. The van der Waals surface area contributed by atoms with Crippen LogP contribution in [0.15, 0.2) is 53.1 Å². The molecule has 0 spiro atoms. The van der Waals surface area contributed by atoms with Crippen LogP contribution < -0.4 is 5.73 Å². The molecule has 6 heteroatoms. The summed E-state index contributed by atoms with van der Waals surface area (Å²) in [5.41, 5.74) is 8.23. The maximum atomic E-state index is 13.1. The van der Waals surface area contributed by atoms with Crippen LogP contribution in [0.5, 0.6) is 0 Å². The van der Waals surface area contributed by atoms with Gasteiger partial charge in [0.05, 0.1) is 11.4 Å². The first-order valence-corrected chi connectivity index (χ1v) is 8.82. The van der Waals surface area contributed by atoms with E-state index < -0.39 is 0 Å². The number of likely N-dealkylation sites (N-methyl/N-ethyl adjacent to an activating group) is 1. The minimum Gasteiger partial charge on any atom is -0.355 e. The second-order valence-corrected chi connectivity index (χ2v) is 6.76. The first-order valence-electron chi connectivity index (χ1n) is 8.82. The molecule has 1 aromatic heterocycles. The SMILES string of the molecule is CN1CCN(C(=O)c2ccc3noc(-c4ccccc4)c3c2)[C@H](CN)C1. The number of carbonyl (C=O) groups is 1. The van der Waals surface area contributed by atoms with Crippen LogP contribution in [-0.4, -0.2) is 60.1 Å². The van der Waals surface area contributed by atoms with Crippen LogP contribution in [-0.2, 0) is 0 Å². The Morgan fingerprint density at radius 2 is 2.04 bits per heavy atom. The van der Waals surface area contributed by atoms with Gasteiger partial charge in [-0.2, -0.15) is 0 Å². The van der Waals surface area contributed by atoms with Crippen molar-refractivity contribution >= 4 is 16.8 Å². The number of piperazine rings is 1. The molecular weight excluding hydrogens is 328 g/mol. The molecule has 0 bridgehead atoms. The van der Waals surface area contributed by atoms with Gasteiger partial charge in [-0.1, -0.05) is 35.5 Å². The van der Waals surface area contributed by atoms with E-state index in [9.17, 15) is 4.79 Å². The summed E-state index contributed by atoms with van der Waals surface area (Å²) in [6, 6.07) is 15.4. The van der Waals surface area contributed by atoms with Crippen molar-refractivity contribution in [2.75, 3.05) is 33.2 Å². The van der Waals surface area contributed by atoms with E-state index in [1.807, 2.05) is 53.4 Å². The number of amides is 1. The number of hydrogen-bond donors (Lipinski definition) is 1. The fourth-order valence-electron chi connectivity index (χ4n) is 3.52. The molecule has 0 aliphatic carbocycles. The van der Waals surface area contributed by atoms with Crippen molar-refractivity contribution in [3.05, 3.63) is 54.1 Å². The normalized spacial score (nSPS) is 18.4. The van der Waals surface area contributed by atoms with Gasteiger partial charge in [-0.15, -0.1) is 0 Å². The Morgan fingerprint density at radius 1 is 1.23 bits per heavy atom. The number of nitrogens with zero attached hydrogens (tertiary/aromatic N) is 3. The first-order chi connectivity index (χ1) is 12.7. The Labute approximate surface area is 152 Å². The predicted octanol–water partition coefficient (Wildman–Crippen LogP) is 2.21. The Hall–Kier alpha value is -2.70. The third kappa shape index (κ3) is 2.98. The van der Waals surface area contributed by atoms with Crippen molar-refractivity contribution < 1.29 is 9.32 Å². The third-order valence-electron chi connectivity index (χ3n) is 4.98. The van der Waals surface area contributed by atoms with Gasteiger partial charge in [-0.05, 0) is 25.2 Å². The van der Waals surface area contributed by atoms with E-state index in [4.69, 9.17) is 10.3 Å². The second kappa shape index (κ2) is 6.90. The molecule has 2 aromatic carbocycles. The van der Waals surface area contributed by atoms with E-state index in [2.05, 4.69) is 17.1 Å². The second-order valence-electron chi connectivity index (χ2n) is 6.76. The van der Waals surface area contributed by atoms with E-state index >= 15 is 0 Å². The van der Waals surface area contributed by atoms with Crippen LogP contribution in [0.25, 0.3) is 22.2 Å². The summed E-state index contributed by atoms with van der Waals surface area (Å²) in [4.78, 5) is 17.2. The number of carbonyl (C=O) groups excluding carboxylic acids is 1. The van der Waals surface area contributed by atoms with Crippen LogP contribution in [0.4, 0.5) is 0 Å². The zero-order valence-corrected chi connectivity index (χ0v) is 14.8. The number of hydrogen-bond acceptors (Lipinski definition) is 5. The maximum Gasteiger partial charge on any atom is 0.254 e. The molecule has 0 saturated carbocycles. The molecule has 4 rings (SSSR count). The summed E-state index contributed by atoms with van der Waals surface area (Å²) >= 11 is 0. The van der Waals surface area contributed by atoms with Gasteiger partial charge in [0.2, 0.25) is 0 Å². The Morgan fingerprint density at radius 3 is 2.81 bits per heavy atom.